The van der Waals surface area contributed by atoms with Crippen LogP contribution in [0, 0.1) is 17.3 Å². The first kappa shape index (κ1) is 12.3. The van der Waals surface area contributed by atoms with Crippen LogP contribution in [-0.4, -0.2) is 11.8 Å². The van der Waals surface area contributed by atoms with Gasteiger partial charge in [-0.15, -0.1) is 0 Å². The second-order valence-corrected chi connectivity index (χ2v) is 6.33. The van der Waals surface area contributed by atoms with Crippen molar-refractivity contribution in [3.8, 4) is 0 Å². The largest absolute Gasteiger partial charge is 0.289 e. The lowest BCUT2D eigenvalue weighted by molar-refractivity contribution is -0.124. The number of carbonyl (C=O) groups is 2. The van der Waals surface area contributed by atoms with Crippen molar-refractivity contribution < 1.29 is 9.59 Å². The van der Waals surface area contributed by atoms with E-state index in [0.717, 1.165) is 31.6 Å². The summed E-state index contributed by atoms with van der Waals surface area (Å²) in [6.07, 6.45) is 5.88. The van der Waals surface area contributed by atoms with E-state index in [1.165, 1.54) is 6.08 Å². The van der Waals surface area contributed by atoms with Crippen LogP contribution in [0.15, 0.2) is 11.6 Å². The van der Waals surface area contributed by atoms with E-state index < -0.39 is 0 Å². The van der Waals surface area contributed by atoms with E-state index in [9.17, 15) is 9.59 Å². The number of nitrogens with one attached hydrogen (secondary N) is 1. The zero-order valence-electron chi connectivity index (χ0n) is 10.9. The first-order valence-corrected chi connectivity index (χ1v) is 6.45. The Hall–Kier alpha value is -1.12. The lowest BCUT2D eigenvalue weighted by atomic mass is 9.68. The molecule has 0 atom stereocenters. The van der Waals surface area contributed by atoms with Gasteiger partial charge in [0, 0.05) is 11.6 Å². The summed E-state index contributed by atoms with van der Waals surface area (Å²) in [4.78, 5) is 22.7. The molecule has 1 fully saturated rings. The maximum atomic E-state index is 11.6. The summed E-state index contributed by atoms with van der Waals surface area (Å²) in [7, 11) is 0. The van der Waals surface area contributed by atoms with E-state index in [0.29, 0.717) is 16.9 Å². The zero-order valence-corrected chi connectivity index (χ0v) is 10.9. The normalized spacial score (nSPS) is 30.2. The van der Waals surface area contributed by atoms with Crippen molar-refractivity contribution in [2.45, 2.75) is 46.5 Å². The van der Waals surface area contributed by atoms with Crippen LogP contribution in [-0.2, 0) is 9.59 Å². The molecule has 3 nitrogen and oxygen atoms in total. The van der Waals surface area contributed by atoms with Gasteiger partial charge in [0.2, 0.25) is 0 Å². The molecule has 0 aromatic carbocycles. The van der Waals surface area contributed by atoms with Crippen molar-refractivity contribution in [2.24, 2.45) is 17.3 Å². The van der Waals surface area contributed by atoms with Crippen molar-refractivity contribution >= 4 is 11.8 Å². The fourth-order valence-electron chi connectivity index (χ4n) is 3.00. The predicted octanol–water partition coefficient (Wildman–Crippen LogP) is 2.42. The average Bonchev–Trinajstić information content (AvgIpc) is 2.57. The smallest absolute Gasteiger partial charge is 0.254 e. The fourth-order valence-corrected chi connectivity index (χ4v) is 3.00. The standard InChI is InChI=1S/C14H21NO2/c1-14(2,3)10-6-4-9(5-7-10)11-8-12(16)15-13(11)17/h8-10H,4-7H2,1-3H3,(H,15,16,17). The molecule has 0 radical (unpaired) electrons. The number of amides is 2. The Kier molecular flexibility index (Phi) is 3.11. The second kappa shape index (κ2) is 4.28. The van der Waals surface area contributed by atoms with Gasteiger partial charge in [-0.25, -0.2) is 0 Å². The van der Waals surface area contributed by atoms with Gasteiger partial charge in [-0.05, 0) is 42.9 Å². The highest BCUT2D eigenvalue weighted by molar-refractivity contribution is 6.16. The Morgan fingerprint density at radius 3 is 2.12 bits per heavy atom. The van der Waals surface area contributed by atoms with Gasteiger partial charge in [0.1, 0.15) is 0 Å². The van der Waals surface area contributed by atoms with Crippen LogP contribution in [0.25, 0.3) is 0 Å². The van der Waals surface area contributed by atoms with Crippen LogP contribution in [0.1, 0.15) is 46.5 Å². The van der Waals surface area contributed by atoms with Gasteiger partial charge in [0.05, 0.1) is 0 Å². The number of carbonyl (C=O) groups excluding carboxylic acids is 2. The molecule has 0 saturated heterocycles. The van der Waals surface area contributed by atoms with Crippen LogP contribution >= 0.6 is 0 Å². The van der Waals surface area contributed by atoms with Crippen molar-refractivity contribution in [1.29, 1.82) is 0 Å². The molecule has 0 bridgehead atoms. The highest BCUT2D eigenvalue weighted by Gasteiger charge is 2.34. The van der Waals surface area contributed by atoms with Gasteiger partial charge in [-0.3, -0.25) is 14.9 Å². The van der Waals surface area contributed by atoms with Crippen LogP contribution in [0.5, 0.6) is 0 Å². The first-order chi connectivity index (χ1) is 7.88. The molecule has 2 aliphatic rings. The summed E-state index contributed by atoms with van der Waals surface area (Å²) in [6, 6.07) is 0. The molecule has 2 rings (SSSR count). The van der Waals surface area contributed by atoms with Gasteiger partial charge in [0.25, 0.3) is 11.8 Å². The van der Waals surface area contributed by atoms with E-state index in [4.69, 9.17) is 0 Å². The van der Waals surface area contributed by atoms with Crippen molar-refractivity contribution in [3.05, 3.63) is 11.6 Å². The van der Waals surface area contributed by atoms with Gasteiger partial charge in [0.15, 0.2) is 0 Å². The Balaban J connectivity index is 1.98. The van der Waals surface area contributed by atoms with Crippen molar-refractivity contribution in [3.63, 3.8) is 0 Å². The monoisotopic (exact) mass is 235 g/mol. The van der Waals surface area contributed by atoms with Crippen LogP contribution in [0.3, 0.4) is 0 Å². The van der Waals surface area contributed by atoms with Crippen molar-refractivity contribution in [2.75, 3.05) is 0 Å². The molecular formula is C14H21NO2. The summed E-state index contributed by atoms with van der Waals surface area (Å²) in [6.45, 7) is 6.84. The molecule has 0 spiro atoms. The van der Waals surface area contributed by atoms with Crippen molar-refractivity contribution in [1.82, 2.24) is 5.32 Å². The molecule has 1 heterocycles. The molecule has 0 aromatic rings. The predicted molar refractivity (Wildman–Crippen MR) is 66.1 cm³/mol. The maximum Gasteiger partial charge on any atom is 0.254 e. The average molecular weight is 235 g/mol. The quantitative estimate of drug-likeness (QED) is 0.709. The van der Waals surface area contributed by atoms with E-state index in [-0.39, 0.29) is 11.8 Å². The lowest BCUT2D eigenvalue weighted by Gasteiger charge is -2.37. The molecule has 94 valence electrons. The van der Waals surface area contributed by atoms with Crippen LogP contribution in [0.2, 0.25) is 0 Å². The zero-order chi connectivity index (χ0) is 12.6. The number of hydrogen-bond acceptors (Lipinski definition) is 2. The van der Waals surface area contributed by atoms with E-state index in [2.05, 4.69) is 26.1 Å². The summed E-state index contributed by atoms with van der Waals surface area (Å²) in [5, 5.41) is 2.34. The molecular weight excluding hydrogens is 214 g/mol. The lowest BCUT2D eigenvalue weighted by Crippen LogP contribution is -2.29. The summed E-state index contributed by atoms with van der Waals surface area (Å²) < 4.78 is 0. The Bertz CT molecular complexity index is 368. The molecule has 2 amide bonds. The summed E-state index contributed by atoms with van der Waals surface area (Å²) in [5.74, 6) is 0.608. The molecule has 1 saturated carbocycles. The fraction of sp³-hybridized carbons (Fsp3) is 0.714. The summed E-state index contributed by atoms with van der Waals surface area (Å²) >= 11 is 0. The highest BCUT2D eigenvalue weighted by Crippen LogP contribution is 2.42. The van der Waals surface area contributed by atoms with Crippen LogP contribution in [0.4, 0.5) is 0 Å². The third-order valence-electron chi connectivity index (χ3n) is 4.18. The number of hydrogen-bond donors (Lipinski definition) is 1. The Morgan fingerprint density at radius 1 is 1.12 bits per heavy atom. The van der Waals surface area contributed by atoms with Gasteiger partial charge in [-0.2, -0.15) is 0 Å². The number of rotatable bonds is 1. The van der Waals surface area contributed by atoms with Gasteiger partial charge < -0.3 is 0 Å². The molecule has 1 aliphatic carbocycles. The molecule has 3 heteroatoms. The topological polar surface area (TPSA) is 46.2 Å². The number of imide groups is 1. The summed E-state index contributed by atoms with van der Waals surface area (Å²) in [5.41, 5.74) is 1.06. The van der Waals surface area contributed by atoms with Gasteiger partial charge in [-0.1, -0.05) is 20.8 Å². The molecule has 17 heavy (non-hydrogen) atoms. The van der Waals surface area contributed by atoms with E-state index >= 15 is 0 Å². The van der Waals surface area contributed by atoms with E-state index in [1.807, 2.05) is 0 Å². The Labute approximate surface area is 103 Å². The third-order valence-corrected chi connectivity index (χ3v) is 4.18. The molecule has 1 N–H and O–H groups in total. The Morgan fingerprint density at radius 2 is 1.71 bits per heavy atom. The second-order valence-electron chi connectivity index (χ2n) is 6.33. The molecule has 0 aromatic heterocycles. The third kappa shape index (κ3) is 2.59. The van der Waals surface area contributed by atoms with E-state index in [1.54, 1.807) is 0 Å². The van der Waals surface area contributed by atoms with Crippen LogP contribution < -0.4 is 5.32 Å². The molecule has 1 aliphatic heterocycles. The molecule has 0 unspecified atom stereocenters. The minimum Gasteiger partial charge on any atom is -0.289 e. The minimum atomic E-state index is -0.247. The first-order valence-electron chi connectivity index (χ1n) is 6.45. The maximum absolute atomic E-state index is 11.6. The van der Waals surface area contributed by atoms with Gasteiger partial charge >= 0.3 is 0 Å². The minimum absolute atomic E-state index is 0.172. The highest BCUT2D eigenvalue weighted by atomic mass is 16.2. The SMILES string of the molecule is CC(C)(C)C1CCC(C2=CC(=O)NC2=O)CC1.